The molecule has 4 heteroatoms. The van der Waals surface area contributed by atoms with Gasteiger partial charge in [-0.15, -0.1) is 0 Å². The van der Waals surface area contributed by atoms with Gasteiger partial charge < -0.3 is 9.80 Å². The number of nitrogens with zero attached hydrogens (tertiary/aromatic N) is 2. The summed E-state index contributed by atoms with van der Waals surface area (Å²) in [6.45, 7) is 9.04. The SMILES string of the molecule is Cc1ccccc1N1CCN(C(=O)CC(C)C)[C@@H](C)C1=O. The molecule has 0 radical (unpaired) electrons. The van der Waals surface area contributed by atoms with Crippen LogP contribution in [0.3, 0.4) is 0 Å². The molecule has 21 heavy (non-hydrogen) atoms. The minimum Gasteiger partial charge on any atom is -0.329 e. The van der Waals surface area contributed by atoms with E-state index in [0.717, 1.165) is 11.3 Å². The molecule has 0 unspecified atom stereocenters. The number of benzene rings is 1. The zero-order valence-corrected chi connectivity index (χ0v) is 13.3. The molecule has 114 valence electrons. The van der Waals surface area contributed by atoms with E-state index in [4.69, 9.17) is 0 Å². The fourth-order valence-corrected chi connectivity index (χ4v) is 2.78. The van der Waals surface area contributed by atoms with Crippen molar-refractivity contribution in [2.24, 2.45) is 5.92 Å². The summed E-state index contributed by atoms with van der Waals surface area (Å²) in [4.78, 5) is 28.4. The molecule has 2 amide bonds. The van der Waals surface area contributed by atoms with E-state index in [1.54, 1.807) is 9.80 Å². The number of carbonyl (C=O) groups excluding carboxylic acids is 2. The van der Waals surface area contributed by atoms with Crippen LogP contribution in [0.4, 0.5) is 5.69 Å². The number of piperazine rings is 1. The lowest BCUT2D eigenvalue weighted by Crippen LogP contribution is -2.58. The van der Waals surface area contributed by atoms with Crippen molar-refractivity contribution in [3.63, 3.8) is 0 Å². The molecule has 1 heterocycles. The van der Waals surface area contributed by atoms with Crippen LogP contribution in [0.1, 0.15) is 32.8 Å². The Morgan fingerprint density at radius 3 is 2.57 bits per heavy atom. The van der Waals surface area contributed by atoms with Gasteiger partial charge in [0.05, 0.1) is 0 Å². The predicted octanol–water partition coefficient (Wildman–Crippen LogP) is 2.60. The van der Waals surface area contributed by atoms with Crippen LogP contribution in [0.25, 0.3) is 0 Å². The third-order valence-corrected chi connectivity index (χ3v) is 3.96. The Morgan fingerprint density at radius 1 is 1.29 bits per heavy atom. The van der Waals surface area contributed by atoms with Gasteiger partial charge in [-0.3, -0.25) is 9.59 Å². The Bertz CT molecular complexity index is 539. The quantitative estimate of drug-likeness (QED) is 0.858. The zero-order valence-electron chi connectivity index (χ0n) is 13.3. The molecule has 0 aliphatic carbocycles. The summed E-state index contributed by atoms with van der Waals surface area (Å²) in [6, 6.07) is 7.49. The molecule has 1 atom stereocenters. The van der Waals surface area contributed by atoms with E-state index >= 15 is 0 Å². The van der Waals surface area contributed by atoms with Gasteiger partial charge in [-0.05, 0) is 31.4 Å². The first-order valence-corrected chi connectivity index (χ1v) is 7.58. The molecule has 1 aromatic rings. The van der Waals surface area contributed by atoms with Gasteiger partial charge >= 0.3 is 0 Å². The van der Waals surface area contributed by atoms with Crippen molar-refractivity contribution < 1.29 is 9.59 Å². The van der Waals surface area contributed by atoms with E-state index in [0.29, 0.717) is 25.4 Å². The molecule has 2 rings (SSSR count). The molecule has 0 bridgehead atoms. The van der Waals surface area contributed by atoms with E-state index in [-0.39, 0.29) is 17.9 Å². The Balaban J connectivity index is 2.15. The molecular weight excluding hydrogens is 264 g/mol. The third kappa shape index (κ3) is 3.26. The third-order valence-electron chi connectivity index (χ3n) is 3.96. The van der Waals surface area contributed by atoms with Gasteiger partial charge in [0.1, 0.15) is 6.04 Å². The largest absolute Gasteiger partial charge is 0.329 e. The Hall–Kier alpha value is -1.84. The highest BCUT2D eigenvalue weighted by molar-refractivity contribution is 6.00. The van der Waals surface area contributed by atoms with Gasteiger partial charge in [0.15, 0.2) is 0 Å². The van der Waals surface area contributed by atoms with Crippen molar-refractivity contribution >= 4 is 17.5 Å². The highest BCUT2D eigenvalue weighted by Gasteiger charge is 2.35. The van der Waals surface area contributed by atoms with Crippen molar-refractivity contribution in [2.75, 3.05) is 18.0 Å². The van der Waals surface area contributed by atoms with Gasteiger partial charge in [-0.2, -0.15) is 0 Å². The highest BCUT2D eigenvalue weighted by Crippen LogP contribution is 2.24. The van der Waals surface area contributed by atoms with E-state index in [1.165, 1.54) is 0 Å². The molecule has 0 spiro atoms. The van der Waals surface area contributed by atoms with Crippen LogP contribution in [-0.4, -0.2) is 35.8 Å². The van der Waals surface area contributed by atoms with Crippen molar-refractivity contribution in [3.8, 4) is 0 Å². The Morgan fingerprint density at radius 2 is 1.95 bits per heavy atom. The molecule has 0 saturated carbocycles. The van der Waals surface area contributed by atoms with Crippen LogP contribution in [0, 0.1) is 12.8 Å². The maximum absolute atomic E-state index is 12.6. The number of rotatable bonds is 3. The maximum atomic E-state index is 12.6. The molecule has 0 N–H and O–H groups in total. The first kappa shape index (κ1) is 15.5. The van der Waals surface area contributed by atoms with Gasteiger partial charge in [-0.25, -0.2) is 0 Å². The van der Waals surface area contributed by atoms with E-state index in [9.17, 15) is 9.59 Å². The summed E-state index contributed by atoms with van der Waals surface area (Å²) in [5, 5.41) is 0. The molecule has 4 nitrogen and oxygen atoms in total. The second kappa shape index (κ2) is 6.29. The molecule has 1 saturated heterocycles. The van der Waals surface area contributed by atoms with E-state index < -0.39 is 0 Å². The maximum Gasteiger partial charge on any atom is 0.249 e. The number of aryl methyl sites for hydroxylation is 1. The summed E-state index contributed by atoms with van der Waals surface area (Å²) < 4.78 is 0. The van der Waals surface area contributed by atoms with Crippen LogP contribution in [0.2, 0.25) is 0 Å². The van der Waals surface area contributed by atoms with Gasteiger partial charge in [-0.1, -0.05) is 32.0 Å². The van der Waals surface area contributed by atoms with Crippen LogP contribution in [0.15, 0.2) is 24.3 Å². The van der Waals surface area contributed by atoms with Crippen molar-refractivity contribution in [3.05, 3.63) is 29.8 Å². The number of para-hydroxylation sites is 1. The second-order valence-electron chi connectivity index (χ2n) is 6.14. The standard InChI is InChI=1S/C17H24N2O2/c1-12(2)11-16(20)18-9-10-19(17(21)14(18)4)15-8-6-5-7-13(15)3/h5-8,12,14H,9-11H2,1-4H3/t14-/m0/s1. The molecular formula is C17H24N2O2. The highest BCUT2D eigenvalue weighted by atomic mass is 16.2. The predicted molar refractivity (Wildman–Crippen MR) is 84.2 cm³/mol. The summed E-state index contributed by atoms with van der Waals surface area (Å²) in [7, 11) is 0. The summed E-state index contributed by atoms with van der Waals surface area (Å²) in [5.41, 5.74) is 2.03. The molecule has 1 aliphatic rings. The first-order valence-electron chi connectivity index (χ1n) is 7.58. The topological polar surface area (TPSA) is 40.6 Å². The lowest BCUT2D eigenvalue weighted by molar-refractivity contribution is -0.141. The van der Waals surface area contributed by atoms with E-state index in [2.05, 4.69) is 0 Å². The monoisotopic (exact) mass is 288 g/mol. The molecule has 1 aliphatic heterocycles. The fourth-order valence-electron chi connectivity index (χ4n) is 2.78. The van der Waals surface area contributed by atoms with Crippen molar-refractivity contribution in [2.45, 2.75) is 40.2 Å². The van der Waals surface area contributed by atoms with E-state index in [1.807, 2.05) is 52.0 Å². The minimum atomic E-state index is -0.385. The first-order chi connectivity index (χ1) is 9.91. The van der Waals surface area contributed by atoms with Crippen LogP contribution >= 0.6 is 0 Å². The fraction of sp³-hybridized carbons (Fsp3) is 0.529. The number of carbonyl (C=O) groups is 2. The number of amides is 2. The zero-order chi connectivity index (χ0) is 15.6. The van der Waals surface area contributed by atoms with Crippen LogP contribution in [-0.2, 0) is 9.59 Å². The Labute approximate surface area is 126 Å². The normalized spacial score (nSPS) is 19.3. The molecule has 0 aromatic heterocycles. The van der Waals surface area contributed by atoms with Gasteiger partial charge in [0, 0.05) is 25.2 Å². The van der Waals surface area contributed by atoms with Crippen molar-refractivity contribution in [1.29, 1.82) is 0 Å². The average molecular weight is 288 g/mol. The van der Waals surface area contributed by atoms with Crippen molar-refractivity contribution in [1.82, 2.24) is 4.90 Å². The lowest BCUT2D eigenvalue weighted by Gasteiger charge is -2.39. The average Bonchev–Trinajstić information content (AvgIpc) is 2.42. The van der Waals surface area contributed by atoms with Gasteiger partial charge in [0.25, 0.3) is 0 Å². The smallest absolute Gasteiger partial charge is 0.249 e. The molecule has 1 aromatic carbocycles. The number of hydrogen-bond acceptors (Lipinski definition) is 2. The van der Waals surface area contributed by atoms with Gasteiger partial charge in [0.2, 0.25) is 11.8 Å². The summed E-state index contributed by atoms with van der Waals surface area (Å²) in [6.07, 6.45) is 0.502. The summed E-state index contributed by atoms with van der Waals surface area (Å²) >= 11 is 0. The molecule has 1 fully saturated rings. The lowest BCUT2D eigenvalue weighted by atomic mass is 10.1. The number of hydrogen-bond donors (Lipinski definition) is 0. The minimum absolute atomic E-state index is 0.00709. The van der Waals surface area contributed by atoms with Crippen LogP contribution < -0.4 is 4.90 Å². The van der Waals surface area contributed by atoms with Crippen LogP contribution in [0.5, 0.6) is 0 Å². The summed E-state index contributed by atoms with van der Waals surface area (Å²) in [5.74, 6) is 0.400. The number of anilines is 1. The second-order valence-corrected chi connectivity index (χ2v) is 6.14. The Kier molecular flexibility index (Phi) is 4.66.